The fourth-order valence-corrected chi connectivity index (χ4v) is 3.46. The average Bonchev–Trinajstić information content (AvgIpc) is 2.67. The summed E-state index contributed by atoms with van der Waals surface area (Å²) in [4.78, 5) is 11.5. The number of hydrogen-bond donors (Lipinski definition) is 2. The van der Waals surface area contributed by atoms with Crippen molar-refractivity contribution in [2.24, 2.45) is 0 Å². The number of aromatic carboxylic acids is 1. The summed E-state index contributed by atoms with van der Waals surface area (Å²) in [6, 6.07) is 23.2. The van der Waals surface area contributed by atoms with E-state index in [1.807, 2.05) is 73.7 Å². The number of hydrogen-bond acceptors (Lipinski definition) is 2. The first kappa shape index (κ1) is 20.9. The molecule has 27 heavy (non-hydrogen) atoms. The summed E-state index contributed by atoms with van der Waals surface area (Å²) in [6.07, 6.45) is 0. The normalized spacial score (nSPS) is 12.7. The number of rotatable bonds is 5. The third kappa shape index (κ3) is 4.28. The minimum absolute atomic E-state index is 0. The Labute approximate surface area is 172 Å². The summed E-state index contributed by atoms with van der Waals surface area (Å²) in [5.74, 6) is -1.36. The SMILES string of the molecule is CC(c1ccccc1)c1ccc(C(=O)O)c(O)c1C(C)c1ccccc1.[Zn]. The molecular weight excluding hydrogens is 390 g/mol. The molecule has 0 aliphatic carbocycles. The minimum atomic E-state index is -1.12. The van der Waals surface area contributed by atoms with Gasteiger partial charge >= 0.3 is 5.97 Å². The summed E-state index contributed by atoms with van der Waals surface area (Å²) in [5.41, 5.74) is 3.71. The molecule has 3 nitrogen and oxygen atoms in total. The summed E-state index contributed by atoms with van der Waals surface area (Å²) in [5, 5.41) is 20.2. The van der Waals surface area contributed by atoms with Crippen LogP contribution in [0.25, 0.3) is 0 Å². The van der Waals surface area contributed by atoms with Gasteiger partial charge in [-0.05, 0) is 22.8 Å². The Balaban J connectivity index is 0.00000261. The van der Waals surface area contributed by atoms with Crippen molar-refractivity contribution in [2.75, 3.05) is 0 Å². The zero-order chi connectivity index (χ0) is 18.7. The number of aromatic hydroxyl groups is 1. The smallest absolute Gasteiger partial charge is 0.339 e. The summed E-state index contributed by atoms with van der Waals surface area (Å²) in [6.45, 7) is 4.07. The van der Waals surface area contributed by atoms with Gasteiger partial charge in [-0.2, -0.15) is 0 Å². The summed E-state index contributed by atoms with van der Waals surface area (Å²) in [7, 11) is 0. The van der Waals surface area contributed by atoms with Gasteiger partial charge in [0.15, 0.2) is 0 Å². The molecule has 3 rings (SSSR count). The molecule has 3 aromatic carbocycles. The van der Waals surface area contributed by atoms with Crippen LogP contribution in [0.4, 0.5) is 0 Å². The van der Waals surface area contributed by atoms with E-state index in [0.717, 1.165) is 16.7 Å². The Morgan fingerprint density at radius 3 is 1.74 bits per heavy atom. The van der Waals surface area contributed by atoms with Gasteiger partial charge < -0.3 is 10.2 Å². The predicted molar refractivity (Wildman–Crippen MR) is 103 cm³/mol. The molecule has 0 amide bonds. The van der Waals surface area contributed by atoms with Crippen molar-refractivity contribution in [2.45, 2.75) is 25.7 Å². The van der Waals surface area contributed by atoms with Gasteiger partial charge in [0, 0.05) is 36.9 Å². The van der Waals surface area contributed by atoms with Crippen molar-refractivity contribution >= 4 is 5.97 Å². The third-order valence-electron chi connectivity index (χ3n) is 4.98. The van der Waals surface area contributed by atoms with Gasteiger partial charge in [-0.1, -0.05) is 80.6 Å². The third-order valence-corrected chi connectivity index (χ3v) is 4.98. The minimum Gasteiger partial charge on any atom is -0.507 e. The van der Waals surface area contributed by atoms with Crippen LogP contribution < -0.4 is 0 Å². The van der Waals surface area contributed by atoms with Crippen LogP contribution in [0.15, 0.2) is 72.8 Å². The molecule has 0 aliphatic heterocycles. The molecule has 0 fully saturated rings. The van der Waals surface area contributed by atoms with Gasteiger partial charge in [-0.3, -0.25) is 0 Å². The Hall–Kier alpha value is -2.45. The van der Waals surface area contributed by atoms with Crippen LogP contribution in [-0.2, 0) is 19.5 Å². The van der Waals surface area contributed by atoms with Crippen molar-refractivity contribution < 1.29 is 34.5 Å². The van der Waals surface area contributed by atoms with Crippen molar-refractivity contribution in [3.8, 4) is 5.75 Å². The van der Waals surface area contributed by atoms with E-state index in [-0.39, 0.29) is 42.6 Å². The molecular formula is C23H22O3Zn. The summed E-state index contributed by atoms with van der Waals surface area (Å²) < 4.78 is 0. The molecule has 134 valence electrons. The van der Waals surface area contributed by atoms with Crippen molar-refractivity contribution in [1.82, 2.24) is 0 Å². The molecule has 2 unspecified atom stereocenters. The number of phenols is 1. The molecule has 0 aliphatic rings. The average molecular weight is 412 g/mol. The van der Waals surface area contributed by atoms with Crippen LogP contribution in [0.1, 0.15) is 58.3 Å². The molecule has 0 spiro atoms. The number of carbonyl (C=O) groups is 1. The van der Waals surface area contributed by atoms with Gasteiger partial charge in [-0.25, -0.2) is 4.79 Å². The zero-order valence-electron chi connectivity index (χ0n) is 15.6. The van der Waals surface area contributed by atoms with Crippen LogP contribution in [-0.4, -0.2) is 16.2 Å². The van der Waals surface area contributed by atoms with E-state index in [1.54, 1.807) is 0 Å². The Bertz CT molecular complexity index is 908. The van der Waals surface area contributed by atoms with E-state index in [1.165, 1.54) is 6.07 Å². The first-order chi connectivity index (χ1) is 12.5. The van der Waals surface area contributed by atoms with Crippen molar-refractivity contribution in [3.05, 3.63) is 101 Å². The molecule has 2 N–H and O–H groups in total. The maximum atomic E-state index is 11.5. The van der Waals surface area contributed by atoms with E-state index in [2.05, 4.69) is 6.92 Å². The monoisotopic (exact) mass is 410 g/mol. The number of carboxylic acids is 1. The van der Waals surface area contributed by atoms with E-state index >= 15 is 0 Å². The Morgan fingerprint density at radius 2 is 1.26 bits per heavy atom. The number of benzene rings is 3. The van der Waals surface area contributed by atoms with Gasteiger partial charge in [-0.15, -0.1) is 0 Å². The molecule has 3 aromatic rings. The molecule has 0 saturated carbocycles. The molecule has 4 heteroatoms. The second-order valence-electron chi connectivity index (χ2n) is 6.53. The largest absolute Gasteiger partial charge is 0.507 e. The first-order valence-electron chi connectivity index (χ1n) is 8.69. The standard InChI is InChI=1S/C23H22O3.Zn/c1-15(17-9-5-3-6-10-17)19-13-14-20(23(25)26)22(24)21(19)16(2)18-11-7-4-8-12-18;/h3-16,24H,1-2H3,(H,25,26);. The van der Waals surface area contributed by atoms with Gasteiger partial charge in [0.1, 0.15) is 11.3 Å². The maximum Gasteiger partial charge on any atom is 0.339 e. The summed E-state index contributed by atoms with van der Waals surface area (Å²) >= 11 is 0. The van der Waals surface area contributed by atoms with Crippen molar-refractivity contribution in [1.29, 1.82) is 0 Å². The zero-order valence-corrected chi connectivity index (χ0v) is 18.6. The van der Waals surface area contributed by atoms with E-state index in [4.69, 9.17) is 0 Å². The van der Waals surface area contributed by atoms with E-state index in [0.29, 0.717) is 5.56 Å². The molecule has 0 aromatic heterocycles. The Morgan fingerprint density at radius 1 is 0.778 bits per heavy atom. The second kappa shape index (κ2) is 8.97. The van der Waals surface area contributed by atoms with Crippen LogP contribution in [0.3, 0.4) is 0 Å². The van der Waals surface area contributed by atoms with Crippen LogP contribution in [0.5, 0.6) is 5.75 Å². The fourth-order valence-electron chi connectivity index (χ4n) is 3.46. The van der Waals surface area contributed by atoms with Crippen LogP contribution in [0.2, 0.25) is 0 Å². The van der Waals surface area contributed by atoms with Gasteiger partial charge in [0.2, 0.25) is 0 Å². The van der Waals surface area contributed by atoms with Gasteiger partial charge in [0.05, 0.1) is 0 Å². The first-order valence-corrected chi connectivity index (χ1v) is 8.69. The quantitative estimate of drug-likeness (QED) is 0.553. The molecule has 0 radical (unpaired) electrons. The predicted octanol–water partition coefficient (Wildman–Crippen LogP) is 5.39. The molecule has 0 bridgehead atoms. The molecule has 2 atom stereocenters. The van der Waals surface area contributed by atoms with E-state index in [9.17, 15) is 15.0 Å². The van der Waals surface area contributed by atoms with Crippen LogP contribution in [0, 0.1) is 0 Å². The van der Waals surface area contributed by atoms with E-state index < -0.39 is 5.97 Å². The molecule has 0 heterocycles. The second-order valence-corrected chi connectivity index (χ2v) is 6.53. The Kier molecular flexibility index (Phi) is 6.93. The van der Waals surface area contributed by atoms with Gasteiger partial charge in [0.25, 0.3) is 0 Å². The molecule has 0 saturated heterocycles. The fraction of sp³-hybridized carbons (Fsp3) is 0.174. The topological polar surface area (TPSA) is 57.5 Å². The number of carboxylic acid groups (broad SMARTS) is 1. The maximum absolute atomic E-state index is 11.5. The van der Waals surface area contributed by atoms with Crippen LogP contribution >= 0.6 is 0 Å². The van der Waals surface area contributed by atoms with Crippen molar-refractivity contribution in [3.63, 3.8) is 0 Å².